The average molecular weight is 473 g/mol. The zero-order chi connectivity index (χ0) is 22.2. The SMILES string of the molecule is NS(=O)(=O)c1ccc(-c2nc(C(=O)c3ccc(Cl)cc3)sc2-c2ccc(F)cc2)cc1. The number of primary sulfonamides is 1. The zero-order valence-corrected chi connectivity index (χ0v) is 18.1. The molecule has 31 heavy (non-hydrogen) atoms. The van der Waals surface area contributed by atoms with Crippen molar-refractivity contribution in [3.63, 3.8) is 0 Å². The molecular weight excluding hydrogens is 459 g/mol. The predicted molar refractivity (Wildman–Crippen MR) is 119 cm³/mol. The van der Waals surface area contributed by atoms with Gasteiger partial charge in [0.2, 0.25) is 15.8 Å². The van der Waals surface area contributed by atoms with Crippen molar-refractivity contribution in [3.05, 3.63) is 94.2 Å². The van der Waals surface area contributed by atoms with Crippen LogP contribution in [0.1, 0.15) is 15.4 Å². The predicted octanol–water partition coefficient (Wildman–Crippen LogP) is 5.15. The van der Waals surface area contributed by atoms with Gasteiger partial charge in [-0.25, -0.2) is 22.9 Å². The molecule has 1 heterocycles. The van der Waals surface area contributed by atoms with Gasteiger partial charge >= 0.3 is 0 Å². The van der Waals surface area contributed by atoms with Crippen molar-refractivity contribution in [1.29, 1.82) is 0 Å². The Balaban J connectivity index is 1.83. The summed E-state index contributed by atoms with van der Waals surface area (Å²) in [5, 5.41) is 5.92. The Kier molecular flexibility index (Phi) is 5.72. The van der Waals surface area contributed by atoms with E-state index in [-0.39, 0.29) is 21.5 Å². The second-order valence-corrected chi connectivity index (χ2v) is 9.61. The maximum Gasteiger partial charge on any atom is 0.238 e. The minimum absolute atomic E-state index is 0.0349. The van der Waals surface area contributed by atoms with E-state index in [0.717, 1.165) is 0 Å². The Morgan fingerprint density at radius 1 is 0.903 bits per heavy atom. The van der Waals surface area contributed by atoms with Gasteiger partial charge in [0.25, 0.3) is 0 Å². The maximum atomic E-state index is 13.4. The molecule has 0 unspecified atom stereocenters. The quantitative estimate of drug-likeness (QED) is 0.407. The molecule has 0 fully saturated rings. The first-order valence-corrected chi connectivity index (χ1v) is 11.7. The summed E-state index contributed by atoms with van der Waals surface area (Å²) in [6, 6.07) is 18.2. The number of halogens is 2. The van der Waals surface area contributed by atoms with Crippen LogP contribution < -0.4 is 5.14 Å². The molecule has 0 aliphatic rings. The first-order valence-electron chi connectivity index (χ1n) is 8.92. The molecule has 4 rings (SSSR count). The highest BCUT2D eigenvalue weighted by molar-refractivity contribution is 7.89. The second kappa shape index (κ2) is 8.32. The lowest BCUT2D eigenvalue weighted by atomic mass is 10.1. The smallest absolute Gasteiger partial charge is 0.238 e. The van der Waals surface area contributed by atoms with Crippen LogP contribution in [-0.4, -0.2) is 19.2 Å². The number of hydrogen-bond donors (Lipinski definition) is 1. The van der Waals surface area contributed by atoms with Crippen LogP contribution in [0.5, 0.6) is 0 Å². The van der Waals surface area contributed by atoms with Gasteiger partial charge in [0, 0.05) is 16.1 Å². The van der Waals surface area contributed by atoms with Gasteiger partial charge in [0.15, 0.2) is 5.01 Å². The summed E-state index contributed by atoms with van der Waals surface area (Å²) in [6.07, 6.45) is 0. The molecule has 1 aromatic heterocycles. The first-order chi connectivity index (χ1) is 14.7. The maximum absolute atomic E-state index is 13.4. The molecule has 0 spiro atoms. The van der Waals surface area contributed by atoms with Gasteiger partial charge in [-0.2, -0.15) is 0 Å². The third kappa shape index (κ3) is 4.57. The normalized spacial score (nSPS) is 11.5. The summed E-state index contributed by atoms with van der Waals surface area (Å²) in [4.78, 5) is 18.1. The fraction of sp³-hybridized carbons (Fsp3) is 0. The van der Waals surface area contributed by atoms with Gasteiger partial charge in [0.1, 0.15) is 5.82 Å². The molecule has 0 bridgehead atoms. The van der Waals surface area contributed by atoms with E-state index >= 15 is 0 Å². The third-order valence-corrected chi connectivity index (χ3v) is 6.77. The van der Waals surface area contributed by atoms with E-state index < -0.39 is 10.0 Å². The van der Waals surface area contributed by atoms with E-state index in [4.69, 9.17) is 16.7 Å². The molecule has 0 radical (unpaired) electrons. The summed E-state index contributed by atoms with van der Waals surface area (Å²) < 4.78 is 36.5. The molecule has 3 aromatic carbocycles. The van der Waals surface area contributed by atoms with Crippen LogP contribution >= 0.6 is 22.9 Å². The van der Waals surface area contributed by atoms with Gasteiger partial charge in [-0.05, 0) is 54.1 Å². The number of thiazole rings is 1. The minimum Gasteiger partial charge on any atom is -0.286 e. The fourth-order valence-corrected chi connectivity index (χ4v) is 4.63. The Bertz CT molecular complexity index is 1370. The van der Waals surface area contributed by atoms with Crippen molar-refractivity contribution in [2.45, 2.75) is 4.90 Å². The van der Waals surface area contributed by atoms with E-state index in [2.05, 4.69) is 4.98 Å². The third-order valence-electron chi connectivity index (χ3n) is 4.49. The lowest BCUT2D eigenvalue weighted by molar-refractivity contribution is 0.103. The zero-order valence-electron chi connectivity index (χ0n) is 15.7. The molecular formula is C22H14ClFN2O3S2. The number of aromatic nitrogens is 1. The Morgan fingerprint density at radius 3 is 2.06 bits per heavy atom. The number of sulfonamides is 1. The lowest BCUT2D eigenvalue weighted by Crippen LogP contribution is -2.11. The highest BCUT2D eigenvalue weighted by Crippen LogP contribution is 2.38. The van der Waals surface area contributed by atoms with Crippen LogP contribution in [0.4, 0.5) is 4.39 Å². The number of rotatable bonds is 5. The first kappa shape index (κ1) is 21.3. The molecule has 5 nitrogen and oxygen atoms in total. The van der Waals surface area contributed by atoms with E-state index in [0.29, 0.717) is 32.3 Å². The van der Waals surface area contributed by atoms with Crippen molar-refractivity contribution >= 4 is 38.7 Å². The highest BCUT2D eigenvalue weighted by atomic mass is 35.5. The lowest BCUT2D eigenvalue weighted by Gasteiger charge is -2.04. The van der Waals surface area contributed by atoms with Crippen molar-refractivity contribution in [2.75, 3.05) is 0 Å². The van der Waals surface area contributed by atoms with Gasteiger partial charge < -0.3 is 0 Å². The average Bonchev–Trinajstić information content (AvgIpc) is 3.19. The molecule has 9 heteroatoms. The number of nitrogens with two attached hydrogens (primary N) is 1. The number of nitrogens with zero attached hydrogens (tertiary/aromatic N) is 1. The van der Waals surface area contributed by atoms with Crippen LogP contribution in [0.3, 0.4) is 0 Å². The fourth-order valence-electron chi connectivity index (χ4n) is 2.94. The monoisotopic (exact) mass is 472 g/mol. The number of benzene rings is 3. The van der Waals surface area contributed by atoms with Crippen molar-refractivity contribution in [3.8, 4) is 21.7 Å². The molecule has 0 aliphatic heterocycles. The number of ketones is 1. The van der Waals surface area contributed by atoms with Gasteiger partial charge in [0.05, 0.1) is 15.5 Å². The molecule has 2 N–H and O–H groups in total. The number of carbonyl (C=O) groups is 1. The van der Waals surface area contributed by atoms with Crippen LogP contribution in [-0.2, 0) is 10.0 Å². The number of carbonyl (C=O) groups excluding carboxylic acids is 1. The van der Waals surface area contributed by atoms with E-state index in [1.165, 1.54) is 35.6 Å². The van der Waals surface area contributed by atoms with Crippen molar-refractivity contribution in [1.82, 2.24) is 4.98 Å². The minimum atomic E-state index is -3.84. The van der Waals surface area contributed by atoms with Crippen molar-refractivity contribution in [2.24, 2.45) is 5.14 Å². The van der Waals surface area contributed by atoms with Gasteiger partial charge in [-0.15, -0.1) is 11.3 Å². The summed E-state index contributed by atoms with van der Waals surface area (Å²) in [5.74, 6) is -0.665. The van der Waals surface area contributed by atoms with Crippen molar-refractivity contribution < 1.29 is 17.6 Å². The van der Waals surface area contributed by atoms with E-state index in [9.17, 15) is 17.6 Å². The molecule has 0 saturated heterocycles. The van der Waals surface area contributed by atoms with Gasteiger partial charge in [-0.1, -0.05) is 35.9 Å². The summed E-state index contributed by atoms with van der Waals surface area (Å²) in [6.45, 7) is 0. The topological polar surface area (TPSA) is 90.1 Å². The molecule has 0 aliphatic carbocycles. The van der Waals surface area contributed by atoms with Crippen LogP contribution in [0, 0.1) is 5.82 Å². The van der Waals surface area contributed by atoms with E-state index in [1.54, 1.807) is 48.5 Å². The van der Waals surface area contributed by atoms with E-state index in [1.807, 2.05) is 0 Å². The molecule has 4 aromatic rings. The summed E-state index contributed by atoms with van der Waals surface area (Å²) in [7, 11) is -3.84. The van der Waals surface area contributed by atoms with Crippen LogP contribution in [0.25, 0.3) is 21.7 Å². The summed E-state index contributed by atoms with van der Waals surface area (Å²) in [5.41, 5.74) is 2.19. The second-order valence-electron chi connectivity index (χ2n) is 6.61. The molecule has 0 saturated carbocycles. The Labute approximate surface area is 187 Å². The summed E-state index contributed by atoms with van der Waals surface area (Å²) >= 11 is 7.07. The standard InChI is InChI=1S/C22H14ClFN2O3S2/c23-16-7-1-14(2-8-16)20(27)22-26-19(13-5-11-18(12-6-13)31(25,28)29)21(30-22)15-3-9-17(24)10-4-15/h1-12H,(H2,25,28,29). The highest BCUT2D eigenvalue weighted by Gasteiger charge is 2.21. The molecule has 0 amide bonds. The Hall–Kier alpha value is -2.91. The Morgan fingerprint density at radius 2 is 1.48 bits per heavy atom. The van der Waals surface area contributed by atoms with Crippen LogP contribution in [0.15, 0.2) is 77.7 Å². The van der Waals surface area contributed by atoms with Crippen LogP contribution in [0.2, 0.25) is 5.02 Å². The number of hydrogen-bond acceptors (Lipinski definition) is 5. The van der Waals surface area contributed by atoms with Gasteiger partial charge in [-0.3, -0.25) is 4.79 Å². The molecule has 0 atom stereocenters. The molecule has 156 valence electrons. The largest absolute Gasteiger partial charge is 0.286 e.